The fourth-order valence-electron chi connectivity index (χ4n) is 5.13. The van der Waals surface area contributed by atoms with Crippen molar-refractivity contribution in [1.29, 1.82) is 0 Å². The first-order chi connectivity index (χ1) is 19.4. The summed E-state index contributed by atoms with van der Waals surface area (Å²) < 4.78 is 17.9. The Morgan fingerprint density at radius 2 is 1.90 bits per heavy atom. The van der Waals surface area contributed by atoms with E-state index in [1.807, 2.05) is 13.8 Å². The average molecular weight is 598 g/mol. The molecule has 1 saturated heterocycles. The summed E-state index contributed by atoms with van der Waals surface area (Å²) in [4.78, 5) is 49.8. The summed E-state index contributed by atoms with van der Waals surface area (Å²) in [6.07, 6.45) is 2.69. The molecule has 5 rings (SSSR count). The van der Waals surface area contributed by atoms with Gasteiger partial charge in [-0.25, -0.2) is 9.37 Å². The van der Waals surface area contributed by atoms with Crippen LogP contribution in [0.4, 0.5) is 4.39 Å². The van der Waals surface area contributed by atoms with Crippen molar-refractivity contribution < 1.29 is 14.3 Å². The number of halogens is 3. The van der Waals surface area contributed by atoms with Gasteiger partial charge >= 0.3 is 11.1 Å². The van der Waals surface area contributed by atoms with Crippen molar-refractivity contribution in [3.8, 4) is 22.7 Å². The van der Waals surface area contributed by atoms with Crippen LogP contribution >= 0.6 is 23.2 Å². The van der Waals surface area contributed by atoms with Crippen LogP contribution in [0.2, 0.25) is 10.0 Å². The molecule has 0 saturated carbocycles. The van der Waals surface area contributed by atoms with Crippen molar-refractivity contribution in [2.75, 3.05) is 13.1 Å². The summed E-state index contributed by atoms with van der Waals surface area (Å²) >= 11 is 13.1. The average Bonchev–Trinajstić information content (AvgIpc) is 2.90. The molecule has 0 radical (unpaired) electrons. The number of carbonyl (C=O) groups excluding carboxylic acids is 1. The highest BCUT2D eigenvalue weighted by Crippen LogP contribution is 2.40. The Kier molecular flexibility index (Phi) is 7.25. The molecule has 0 unspecified atom stereocenters. The number of phenols is 1. The molecule has 12 heteroatoms. The topological polar surface area (TPSA) is 110 Å². The number of hydrogen-bond donors (Lipinski definition) is 1. The third-order valence-electron chi connectivity index (χ3n) is 7.10. The fourth-order valence-corrected chi connectivity index (χ4v) is 5.63. The van der Waals surface area contributed by atoms with Crippen LogP contribution in [-0.2, 0) is 11.3 Å². The monoisotopic (exact) mass is 597 g/mol. The van der Waals surface area contributed by atoms with Gasteiger partial charge in [0.05, 0.1) is 57.8 Å². The van der Waals surface area contributed by atoms with Gasteiger partial charge in [-0.1, -0.05) is 49.7 Å². The van der Waals surface area contributed by atoms with Crippen LogP contribution in [0.25, 0.3) is 28.1 Å². The van der Waals surface area contributed by atoms with E-state index in [2.05, 4.69) is 16.5 Å². The number of aromatic nitrogens is 4. The molecule has 1 fully saturated rings. The number of rotatable bonds is 6. The second-order valence-corrected chi connectivity index (χ2v) is 11.2. The molecule has 41 heavy (non-hydrogen) atoms. The first-order valence-electron chi connectivity index (χ1n) is 12.8. The third kappa shape index (κ3) is 4.81. The number of likely N-dealkylation sites (tertiary alicyclic amines) is 1. The molecule has 9 nitrogen and oxygen atoms in total. The SMILES string of the molecule is C=CC(=O)N1CC(F)(Cn2c(=O)c(=O)n(-c3c(C)ccnc3C(C)C)c3nc(-c4c(O)cccc4Cl)c(Cl)cc32)C1. The molecule has 1 aliphatic rings. The molecule has 0 bridgehead atoms. The molecule has 0 spiro atoms. The van der Waals surface area contributed by atoms with Crippen LogP contribution in [-0.4, -0.2) is 53.8 Å². The molecule has 1 aromatic carbocycles. The van der Waals surface area contributed by atoms with E-state index < -0.39 is 29.2 Å². The van der Waals surface area contributed by atoms with Crippen LogP contribution in [0.15, 0.2) is 58.8 Å². The van der Waals surface area contributed by atoms with Crippen molar-refractivity contribution in [3.63, 3.8) is 0 Å². The zero-order valence-corrected chi connectivity index (χ0v) is 24.0. The highest BCUT2D eigenvalue weighted by Gasteiger charge is 2.46. The second-order valence-electron chi connectivity index (χ2n) is 10.4. The van der Waals surface area contributed by atoms with Crippen molar-refractivity contribution in [1.82, 2.24) is 24.0 Å². The minimum absolute atomic E-state index is 0.00623. The molecule has 4 heterocycles. The summed E-state index contributed by atoms with van der Waals surface area (Å²) in [7, 11) is 0. The van der Waals surface area contributed by atoms with Crippen molar-refractivity contribution in [2.45, 2.75) is 38.9 Å². The molecule has 3 aromatic heterocycles. The van der Waals surface area contributed by atoms with E-state index in [0.29, 0.717) is 16.9 Å². The summed E-state index contributed by atoms with van der Waals surface area (Å²) in [6.45, 7) is 7.92. The van der Waals surface area contributed by atoms with E-state index >= 15 is 4.39 Å². The maximum Gasteiger partial charge on any atom is 0.322 e. The van der Waals surface area contributed by atoms with Gasteiger partial charge < -0.3 is 10.0 Å². The quantitative estimate of drug-likeness (QED) is 0.253. The molecule has 212 valence electrons. The predicted molar refractivity (Wildman–Crippen MR) is 156 cm³/mol. The first-order valence-corrected chi connectivity index (χ1v) is 13.5. The minimum Gasteiger partial charge on any atom is -0.507 e. The first kappa shape index (κ1) is 28.5. The van der Waals surface area contributed by atoms with Crippen molar-refractivity contribution in [2.24, 2.45) is 0 Å². The number of alkyl halides is 1. The Labute approximate surface area is 244 Å². The zero-order valence-electron chi connectivity index (χ0n) is 22.5. The number of hydrogen-bond acceptors (Lipinski definition) is 6. The lowest BCUT2D eigenvalue weighted by molar-refractivity contribution is -0.141. The minimum atomic E-state index is -1.98. The Morgan fingerprint density at radius 3 is 2.54 bits per heavy atom. The zero-order chi connectivity index (χ0) is 29.8. The van der Waals surface area contributed by atoms with Gasteiger partial charge in [-0.15, -0.1) is 0 Å². The summed E-state index contributed by atoms with van der Waals surface area (Å²) in [6, 6.07) is 7.62. The van der Waals surface area contributed by atoms with E-state index in [1.54, 1.807) is 31.3 Å². The van der Waals surface area contributed by atoms with Crippen LogP contribution in [0, 0.1) is 6.92 Å². The smallest absolute Gasteiger partial charge is 0.322 e. The number of aromatic hydroxyl groups is 1. The van der Waals surface area contributed by atoms with E-state index in [0.717, 1.165) is 10.6 Å². The highest BCUT2D eigenvalue weighted by atomic mass is 35.5. The molecule has 1 amide bonds. The number of aryl methyl sites for hydroxylation is 1. The predicted octanol–water partition coefficient (Wildman–Crippen LogP) is 4.79. The Hall–Kier alpha value is -4.02. The molecular weight excluding hydrogens is 572 g/mol. The van der Waals surface area contributed by atoms with Gasteiger partial charge in [-0.3, -0.25) is 28.5 Å². The lowest BCUT2D eigenvalue weighted by Gasteiger charge is -2.44. The Balaban J connectivity index is 1.85. The van der Waals surface area contributed by atoms with E-state index in [9.17, 15) is 19.5 Å². The van der Waals surface area contributed by atoms with Gasteiger partial charge in [-0.05, 0) is 48.7 Å². The lowest BCUT2D eigenvalue weighted by Crippen LogP contribution is -2.63. The number of benzene rings is 1. The molecular formula is C29H26Cl2FN5O4. The van der Waals surface area contributed by atoms with Gasteiger partial charge in [0.15, 0.2) is 11.3 Å². The molecule has 1 aliphatic heterocycles. The highest BCUT2D eigenvalue weighted by molar-refractivity contribution is 6.37. The van der Waals surface area contributed by atoms with Gasteiger partial charge in [-0.2, -0.15) is 0 Å². The normalized spacial score (nSPS) is 14.4. The maximum atomic E-state index is 15.8. The summed E-state index contributed by atoms with van der Waals surface area (Å²) in [5, 5.41) is 10.8. The van der Waals surface area contributed by atoms with Crippen LogP contribution in [0.3, 0.4) is 0 Å². The van der Waals surface area contributed by atoms with Gasteiger partial charge in [0.25, 0.3) is 0 Å². The number of nitrogens with zero attached hydrogens (tertiary/aromatic N) is 5. The molecule has 1 N–H and O–H groups in total. The van der Waals surface area contributed by atoms with E-state index in [4.69, 9.17) is 23.2 Å². The van der Waals surface area contributed by atoms with Gasteiger partial charge in [0, 0.05) is 6.20 Å². The Morgan fingerprint density at radius 1 is 1.20 bits per heavy atom. The number of pyridine rings is 2. The number of amides is 1. The van der Waals surface area contributed by atoms with Gasteiger partial charge in [0.1, 0.15) is 5.75 Å². The largest absolute Gasteiger partial charge is 0.507 e. The number of carbonyl (C=O) groups is 1. The van der Waals surface area contributed by atoms with Crippen LogP contribution in [0.5, 0.6) is 5.75 Å². The van der Waals surface area contributed by atoms with Crippen molar-refractivity contribution in [3.05, 3.63) is 91.2 Å². The van der Waals surface area contributed by atoms with Gasteiger partial charge in [0.2, 0.25) is 5.91 Å². The van der Waals surface area contributed by atoms with Crippen LogP contribution in [0.1, 0.15) is 31.0 Å². The standard InChI is InChI=1S/C29H26Cl2FN5O4/c1-5-21(39)35-12-29(32,13-35)14-36-19-11-18(31)24(22-17(30)7-6-8-20(22)38)34-26(19)37(28(41)27(36)40)25-16(4)9-10-33-23(25)15(2)3/h5-11,15,38H,1,12-14H2,2-4H3. The third-order valence-corrected chi connectivity index (χ3v) is 7.70. The van der Waals surface area contributed by atoms with E-state index in [1.165, 1.54) is 21.6 Å². The van der Waals surface area contributed by atoms with Crippen molar-refractivity contribution >= 4 is 40.3 Å². The van der Waals surface area contributed by atoms with E-state index in [-0.39, 0.29) is 57.2 Å². The molecule has 0 atom stereocenters. The maximum absolute atomic E-state index is 15.8. The molecule has 0 aliphatic carbocycles. The lowest BCUT2D eigenvalue weighted by atomic mass is 9.95. The summed E-state index contributed by atoms with van der Waals surface area (Å²) in [5.74, 6) is -0.766. The number of phenolic OH excluding ortho intramolecular Hbond substituents is 1. The second kappa shape index (κ2) is 10.4. The molecule has 4 aromatic rings. The van der Waals surface area contributed by atoms with Crippen LogP contribution < -0.4 is 11.1 Å². The summed E-state index contributed by atoms with van der Waals surface area (Å²) in [5.41, 5.74) is -2.11. The Bertz CT molecular complexity index is 1840. The number of fused-ring (bicyclic) bond motifs is 1. The fraction of sp³-hybridized carbons (Fsp3) is 0.276.